The van der Waals surface area contributed by atoms with Crippen LogP contribution in [0.4, 0.5) is 5.69 Å². The molecule has 0 bridgehead atoms. The molecular formula is C17H13Cl2NO3S. The van der Waals surface area contributed by atoms with E-state index in [1.165, 1.54) is 11.8 Å². The van der Waals surface area contributed by atoms with Crippen LogP contribution in [-0.2, 0) is 20.9 Å². The number of rotatable bonds is 4. The first kappa shape index (κ1) is 17.1. The van der Waals surface area contributed by atoms with E-state index in [1.807, 2.05) is 24.3 Å². The van der Waals surface area contributed by atoms with Crippen molar-refractivity contribution < 1.29 is 14.3 Å². The Hall–Kier alpha value is -1.69. The van der Waals surface area contributed by atoms with Gasteiger partial charge in [0.2, 0.25) is 5.91 Å². The fourth-order valence-electron chi connectivity index (χ4n) is 2.23. The second kappa shape index (κ2) is 7.47. The van der Waals surface area contributed by atoms with Crippen molar-refractivity contribution in [2.24, 2.45) is 0 Å². The van der Waals surface area contributed by atoms with Crippen molar-refractivity contribution in [3.05, 3.63) is 58.1 Å². The molecule has 1 aliphatic heterocycles. The zero-order valence-corrected chi connectivity index (χ0v) is 14.8. The first-order chi connectivity index (χ1) is 11.5. The third kappa shape index (κ3) is 4.04. The Kier molecular flexibility index (Phi) is 5.33. The monoisotopic (exact) mass is 381 g/mol. The Balaban J connectivity index is 1.57. The molecule has 0 unspecified atom stereocenters. The summed E-state index contributed by atoms with van der Waals surface area (Å²) in [5.41, 5.74) is 1.51. The van der Waals surface area contributed by atoms with E-state index in [-0.39, 0.29) is 18.9 Å². The topological polar surface area (TPSA) is 55.4 Å². The number of hydrogen-bond acceptors (Lipinski definition) is 4. The van der Waals surface area contributed by atoms with Gasteiger partial charge in [0.05, 0.1) is 27.4 Å². The fraction of sp³-hybridized carbons (Fsp3) is 0.176. The number of amides is 1. The lowest BCUT2D eigenvalue weighted by molar-refractivity contribution is -0.145. The predicted molar refractivity (Wildman–Crippen MR) is 95.6 cm³/mol. The van der Waals surface area contributed by atoms with Gasteiger partial charge in [-0.05, 0) is 29.8 Å². The summed E-state index contributed by atoms with van der Waals surface area (Å²) < 4.78 is 5.23. The number of para-hydroxylation sites is 1. The minimum atomic E-state index is -0.499. The maximum atomic E-state index is 12.1. The first-order valence-electron chi connectivity index (χ1n) is 7.19. The highest BCUT2D eigenvalue weighted by Gasteiger charge is 2.29. The standard InChI is InChI=1S/C17H13Cl2NO3S/c18-11-6-5-10(7-12(11)19)9-23-16(21)8-15-17(22)20-13-3-1-2-4-14(13)24-15/h1-7,15H,8-9H2,(H,20,22)/t15-/m1/s1. The molecule has 0 radical (unpaired) electrons. The zero-order chi connectivity index (χ0) is 17.1. The summed E-state index contributed by atoms with van der Waals surface area (Å²) in [4.78, 5) is 25.0. The molecule has 1 aliphatic rings. The maximum Gasteiger partial charge on any atom is 0.307 e. The highest BCUT2D eigenvalue weighted by Crippen LogP contribution is 2.36. The van der Waals surface area contributed by atoms with Crippen molar-refractivity contribution in [3.63, 3.8) is 0 Å². The summed E-state index contributed by atoms with van der Waals surface area (Å²) >= 11 is 13.1. The molecule has 0 saturated heterocycles. The van der Waals surface area contributed by atoms with Crippen LogP contribution in [0.5, 0.6) is 0 Å². The van der Waals surface area contributed by atoms with Gasteiger partial charge < -0.3 is 10.1 Å². The third-order valence-electron chi connectivity index (χ3n) is 3.44. The number of halogens is 2. The van der Waals surface area contributed by atoms with Gasteiger partial charge in [0, 0.05) is 4.90 Å². The van der Waals surface area contributed by atoms with E-state index in [0.717, 1.165) is 16.1 Å². The van der Waals surface area contributed by atoms with Crippen molar-refractivity contribution in [2.45, 2.75) is 23.2 Å². The van der Waals surface area contributed by atoms with E-state index < -0.39 is 11.2 Å². The molecule has 1 amide bonds. The number of benzene rings is 2. The molecule has 0 aliphatic carbocycles. The van der Waals surface area contributed by atoms with E-state index in [9.17, 15) is 9.59 Å². The molecule has 2 aromatic rings. The van der Waals surface area contributed by atoms with Crippen molar-refractivity contribution in [2.75, 3.05) is 5.32 Å². The summed E-state index contributed by atoms with van der Waals surface area (Å²) in [6.45, 7) is 0.0886. The summed E-state index contributed by atoms with van der Waals surface area (Å²) in [7, 11) is 0. The number of nitrogens with one attached hydrogen (secondary N) is 1. The lowest BCUT2D eigenvalue weighted by Gasteiger charge is -2.23. The Bertz CT molecular complexity index is 797. The van der Waals surface area contributed by atoms with Gasteiger partial charge in [-0.3, -0.25) is 9.59 Å². The fourth-order valence-corrected chi connectivity index (χ4v) is 3.65. The predicted octanol–water partition coefficient (Wildman–Crippen LogP) is 4.54. The van der Waals surface area contributed by atoms with Gasteiger partial charge in [0.15, 0.2) is 0 Å². The molecule has 7 heteroatoms. The van der Waals surface area contributed by atoms with Crippen LogP contribution in [-0.4, -0.2) is 17.1 Å². The number of esters is 1. The molecule has 1 heterocycles. The zero-order valence-electron chi connectivity index (χ0n) is 12.4. The second-order valence-corrected chi connectivity index (χ2v) is 7.26. The highest BCUT2D eigenvalue weighted by molar-refractivity contribution is 8.01. The maximum absolute atomic E-state index is 12.1. The van der Waals surface area contributed by atoms with Crippen LogP contribution in [0.2, 0.25) is 10.0 Å². The van der Waals surface area contributed by atoms with Crippen LogP contribution in [0, 0.1) is 0 Å². The van der Waals surface area contributed by atoms with E-state index in [2.05, 4.69) is 5.32 Å². The largest absolute Gasteiger partial charge is 0.461 e. The molecule has 2 aromatic carbocycles. The normalized spacial score (nSPS) is 16.2. The molecule has 4 nitrogen and oxygen atoms in total. The van der Waals surface area contributed by atoms with Crippen LogP contribution >= 0.6 is 35.0 Å². The van der Waals surface area contributed by atoms with Crippen LogP contribution < -0.4 is 5.32 Å². The number of anilines is 1. The summed E-state index contributed by atoms with van der Waals surface area (Å²) in [5, 5.41) is 3.16. The lowest BCUT2D eigenvalue weighted by atomic mass is 10.2. The van der Waals surface area contributed by atoms with Gasteiger partial charge in [-0.15, -0.1) is 11.8 Å². The summed E-state index contributed by atoms with van der Waals surface area (Å²) in [5.74, 6) is -0.627. The Morgan fingerprint density at radius 3 is 2.75 bits per heavy atom. The minimum Gasteiger partial charge on any atom is -0.461 e. The molecule has 0 aromatic heterocycles. The van der Waals surface area contributed by atoms with Gasteiger partial charge in [-0.25, -0.2) is 0 Å². The number of ether oxygens (including phenoxy) is 1. The molecule has 0 saturated carbocycles. The average Bonchev–Trinajstić information content (AvgIpc) is 2.56. The van der Waals surface area contributed by atoms with E-state index >= 15 is 0 Å². The van der Waals surface area contributed by atoms with Gasteiger partial charge in [0.25, 0.3) is 0 Å². The van der Waals surface area contributed by atoms with Gasteiger partial charge >= 0.3 is 5.97 Å². The van der Waals surface area contributed by atoms with E-state index in [0.29, 0.717) is 10.0 Å². The Labute approximate surface area is 153 Å². The molecule has 3 rings (SSSR count). The molecule has 0 spiro atoms. The highest BCUT2D eigenvalue weighted by atomic mass is 35.5. The lowest BCUT2D eigenvalue weighted by Crippen LogP contribution is -2.31. The van der Waals surface area contributed by atoms with Crippen molar-refractivity contribution in [1.82, 2.24) is 0 Å². The molecule has 0 fully saturated rings. The number of carbonyl (C=O) groups excluding carboxylic acids is 2. The van der Waals surface area contributed by atoms with Gasteiger partial charge in [-0.1, -0.05) is 41.4 Å². The van der Waals surface area contributed by atoms with E-state index in [1.54, 1.807) is 18.2 Å². The molecular weight excluding hydrogens is 369 g/mol. The first-order valence-corrected chi connectivity index (χ1v) is 8.82. The number of carbonyl (C=O) groups is 2. The van der Waals surface area contributed by atoms with Crippen LogP contribution in [0.25, 0.3) is 0 Å². The summed E-state index contributed by atoms with van der Waals surface area (Å²) in [6, 6.07) is 12.5. The van der Waals surface area contributed by atoms with Crippen molar-refractivity contribution in [3.8, 4) is 0 Å². The quantitative estimate of drug-likeness (QED) is 0.789. The van der Waals surface area contributed by atoms with Crippen molar-refractivity contribution >= 4 is 52.5 Å². The van der Waals surface area contributed by atoms with Gasteiger partial charge in [-0.2, -0.15) is 0 Å². The average molecular weight is 382 g/mol. The minimum absolute atomic E-state index is 0.00611. The van der Waals surface area contributed by atoms with Crippen LogP contribution in [0.1, 0.15) is 12.0 Å². The number of hydrogen-bond donors (Lipinski definition) is 1. The third-order valence-corrected chi connectivity index (χ3v) is 5.46. The van der Waals surface area contributed by atoms with Crippen LogP contribution in [0.3, 0.4) is 0 Å². The molecule has 1 atom stereocenters. The van der Waals surface area contributed by atoms with Gasteiger partial charge in [0.1, 0.15) is 6.61 Å². The Morgan fingerprint density at radius 2 is 1.96 bits per heavy atom. The van der Waals surface area contributed by atoms with Crippen molar-refractivity contribution in [1.29, 1.82) is 0 Å². The molecule has 1 N–H and O–H groups in total. The summed E-state index contributed by atoms with van der Waals surface area (Å²) in [6.07, 6.45) is 0.00611. The Morgan fingerprint density at radius 1 is 1.17 bits per heavy atom. The molecule has 124 valence electrons. The smallest absolute Gasteiger partial charge is 0.307 e. The number of thioether (sulfide) groups is 1. The second-order valence-electron chi connectivity index (χ2n) is 5.21. The van der Waals surface area contributed by atoms with Crippen LogP contribution in [0.15, 0.2) is 47.4 Å². The SMILES string of the molecule is O=C(C[C@H]1Sc2ccccc2NC1=O)OCc1ccc(Cl)c(Cl)c1. The number of fused-ring (bicyclic) bond motifs is 1. The molecule has 24 heavy (non-hydrogen) atoms. The van der Waals surface area contributed by atoms with E-state index in [4.69, 9.17) is 27.9 Å².